The smallest absolute Gasteiger partial charge is 0.338 e. The highest BCUT2D eigenvalue weighted by Crippen LogP contribution is 2.39. The van der Waals surface area contributed by atoms with E-state index in [2.05, 4.69) is 24.8 Å². The van der Waals surface area contributed by atoms with Crippen LogP contribution in [0.3, 0.4) is 0 Å². The quantitative estimate of drug-likeness (QED) is 0.829. The molecule has 132 valence electrons. The van der Waals surface area contributed by atoms with Gasteiger partial charge in [-0.2, -0.15) is 13.2 Å². The maximum Gasteiger partial charge on any atom is 0.433 e. The van der Waals surface area contributed by atoms with Gasteiger partial charge in [0.25, 0.3) is 0 Å². The molecule has 2 aromatic rings. The number of halogens is 3. The Balaban J connectivity index is 1.61. The Morgan fingerprint density at radius 1 is 1.04 bits per heavy atom. The molecule has 2 aromatic heterocycles. The van der Waals surface area contributed by atoms with E-state index >= 15 is 0 Å². The molecule has 0 saturated carbocycles. The Labute approximate surface area is 142 Å². The zero-order valence-corrected chi connectivity index (χ0v) is 13.6. The van der Waals surface area contributed by atoms with Crippen LogP contribution in [0.15, 0.2) is 30.7 Å². The van der Waals surface area contributed by atoms with E-state index in [1.807, 2.05) is 11.8 Å². The van der Waals surface area contributed by atoms with E-state index in [9.17, 15) is 13.2 Å². The molecule has 3 atom stereocenters. The average Bonchev–Trinajstić information content (AvgIpc) is 3.11. The van der Waals surface area contributed by atoms with Gasteiger partial charge in [-0.15, -0.1) is 0 Å². The summed E-state index contributed by atoms with van der Waals surface area (Å²) in [7, 11) is 0. The van der Waals surface area contributed by atoms with Gasteiger partial charge in [-0.25, -0.2) is 19.9 Å². The minimum atomic E-state index is -4.47. The Bertz CT molecular complexity index is 753. The van der Waals surface area contributed by atoms with Crippen molar-refractivity contribution in [1.29, 1.82) is 0 Å². The van der Waals surface area contributed by atoms with E-state index < -0.39 is 11.9 Å². The van der Waals surface area contributed by atoms with Crippen molar-refractivity contribution in [3.8, 4) is 0 Å². The Morgan fingerprint density at radius 3 is 2.48 bits per heavy atom. The predicted molar refractivity (Wildman–Crippen MR) is 85.1 cm³/mol. The second kappa shape index (κ2) is 5.82. The van der Waals surface area contributed by atoms with Gasteiger partial charge in [0.15, 0.2) is 0 Å². The molecule has 2 fully saturated rings. The van der Waals surface area contributed by atoms with Crippen molar-refractivity contribution in [1.82, 2.24) is 19.9 Å². The predicted octanol–water partition coefficient (Wildman–Crippen LogP) is 2.39. The van der Waals surface area contributed by atoms with E-state index in [4.69, 9.17) is 0 Å². The molecular weight excluding hydrogens is 333 g/mol. The molecule has 4 heterocycles. The monoisotopic (exact) mass is 350 g/mol. The van der Waals surface area contributed by atoms with Crippen LogP contribution in [0.5, 0.6) is 0 Å². The molecule has 6 nitrogen and oxygen atoms in total. The maximum atomic E-state index is 13.0. The second-order valence-electron chi connectivity index (χ2n) is 6.51. The lowest BCUT2D eigenvalue weighted by Crippen LogP contribution is -2.40. The molecule has 0 radical (unpaired) electrons. The van der Waals surface area contributed by atoms with E-state index in [1.54, 1.807) is 18.5 Å². The lowest BCUT2D eigenvalue weighted by Gasteiger charge is -2.29. The highest BCUT2D eigenvalue weighted by atomic mass is 19.4. The normalized spacial score (nSPS) is 26.2. The summed E-state index contributed by atoms with van der Waals surface area (Å²) >= 11 is 0. The van der Waals surface area contributed by atoms with Crippen molar-refractivity contribution in [3.63, 3.8) is 0 Å². The van der Waals surface area contributed by atoms with E-state index in [0.717, 1.165) is 19.0 Å². The number of anilines is 2. The number of aromatic nitrogens is 4. The van der Waals surface area contributed by atoms with Crippen LogP contribution in [-0.2, 0) is 6.18 Å². The fourth-order valence-electron chi connectivity index (χ4n) is 3.87. The summed E-state index contributed by atoms with van der Waals surface area (Å²) in [5, 5.41) is 0. The Kier molecular flexibility index (Phi) is 3.73. The number of rotatable bonds is 2. The molecule has 9 heteroatoms. The second-order valence-corrected chi connectivity index (χ2v) is 6.51. The zero-order valence-electron chi connectivity index (χ0n) is 13.6. The molecule has 0 bridgehead atoms. The van der Waals surface area contributed by atoms with Gasteiger partial charge in [0.05, 0.1) is 6.04 Å². The molecule has 25 heavy (non-hydrogen) atoms. The summed E-state index contributed by atoms with van der Waals surface area (Å²) in [6, 6.07) is 2.81. The maximum absolute atomic E-state index is 13.0. The summed E-state index contributed by atoms with van der Waals surface area (Å²) in [6.45, 7) is 3.44. The van der Waals surface area contributed by atoms with E-state index in [0.29, 0.717) is 18.4 Å². The molecule has 2 aliphatic heterocycles. The first-order valence-electron chi connectivity index (χ1n) is 8.14. The van der Waals surface area contributed by atoms with Crippen LogP contribution in [0.25, 0.3) is 0 Å². The Hall–Kier alpha value is -2.45. The fraction of sp³-hybridized carbons (Fsp3) is 0.500. The first-order chi connectivity index (χ1) is 11.9. The number of alkyl halides is 3. The zero-order chi connectivity index (χ0) is 17.6. The number of hydrogen-bond acceptors (Lipinski definition) is 6. The molecule has 0 aromatic carbocycles. The summed E-state index contributed by atoms with van der Waals surface area (Å²) < 4.78 is 38.9. The summed E-state index contributed by atoms with van der Waals surface area (Å²) in [6.07, 6.45) is 0.963. The topological polar surface area (TPSA) is 58.0 Å². The number of nitrogens with zero attached hydrogens (tertiary/aromatic N) is 6. The van der Waals surface area contributed by atoms with Crippen molar-refractivity contribution in [3.05, 3.63) is 36.4 Å². The van der Waals surface area contributed by atoms with Gasteiger partial charge >= 0.3 is 6.18 Å². The third-order valence-corrected chi connectivity index (χ3v) is 4.88. The number of hydrogen-bond donors (Lipinski definition) is 0. The first kappa shape index (κ1) is 16.0. The summed E-state index contributed by atoms with van der Waals surface area (Å²) in [4.78, 5) is 20.4. The van der Waals surface area contributed by atoms with Gasteiger partial charge in [-0.1, -0.05) is 0 Å². The van der Waals surface area contributed by atoms with Crippen molar-refractivity contribution < 1.29 is 13.2 Å². The van der Waals surface area contributed by atoms with Crippen LogP contribution in [0.4, 0.5) is 25.1 Å². The molecule has 3 unspecified atom stereocenters. The van der Waals surface area contributed by atoms with Crippen LogP contribution in [0.2, 0.25) is 0 Å². The SMILES string of the molecule is CC1CC2CN(c3ncccn3)CC2N1c1nccc(C(F)(F)F)n1. The highest BCUT2D eigenvalue weighted by molar-refractivity contribution is 5.43. The van der Waals surface area contributed by atoms with Gasteiger partial charge in [-0.05, 0) is 25.5 Å². The van der Waals surface area contributed by atoms with Crippen LogP contribution >= 0.6 is 0 Å². The third-order valence-electron chi connectivity index (χ3n) is 4.88. The van der Waals surface area contributed by atoms with Crippen molar-refractivity contribution in [2.45, 2.75) is 31.6 Å². The van der Waals surface area contributed by atoms with Crippen LogP contribution < -0.4 is 9.80 Å². The lowest BCUT2D eigenvalue weighted by molar-refractivity contribution is -0.141. The molecule has 2 aliphatic rings. The molecule has 0 aliphatic carbocycles. The van der Waals surface area contributed by atoms with Gasteiger partial charge in [-0.3, -0.25) is 0 Å². The molecule has 4 rings (SSSR count). The van der Waals surface area contributed by atoms with E-state index in [-0.39, 0.29) is 18.0 Å². The summed E-state index contributed by atoms with van der Waals surface area (Å²) in [5.74, 6) is 1.12. The number of fused-ring (bicyclic) bond motifs is 1. The molecule has 0 amide bonds. The van der Waals surface area contributed by atoms with Crippen molar-refractivity contribution in [2.24, 2.45) is 5.92 Å². The third kappa shape index (κ3) is 2.87. The van der Waals surface area contributed by atoms with Crippen LogP contribution in [-0.4, -0.2) is 45.1 Å². The van der Waals surface area contributed by atoms with Gasteiger partial charge in [0.2, 0.25) is 11.9 Å². The molecular formula is C16H17F3N6. The minimum absolute atomic E-state index is 0.0577. The average molecular weight is 350 g/mol. The highest BCUT2D eigenvalue weighted by Gasteiger charge is 2.47. The molecule has 0 N–H and O–H groups in total. The minimum Gasteiger partial charge on any atom is -0.338 e. The fourth-order valence-corrected chi connectivity index (χ4v) is 3.87. The first-order valence-corrected chi connectivity index (χ1v) is 8.14. The van der Waals surface area contributed by atoms with Crippen molar-refractivity contribution >= 4 is 11.9 Å². The van der Waals surface area contributed by atoms with Crippen molar-refractivity contribution in [2.75, 3.05) is 22.9 Å². The van der Waals surface area contributed by atoms with Crippen LogP contribution in [0, 0.1) is 5.92 Å². The lowest BCUT2D eigenvalue weighted by atomic mass is 10.0. The van der Waals surface area contributed by atoms with Gasteiger partial charge in [0.1, 0.15) is 5.69 Å². The largest absolute Gasteiger partial charge is 0.433 e. The van der Waals surface area contributed by atoms with Crippen LogP contribution in [0.1, 0.15) is 19.0 Å². The molecule has 0 spiro atoms. The standard InChI is InChI=1S/C16H17F3N6/c1-10-7-11-8-24(14-20-4-2-5-21-14)9-12(11)25(10)15-22-6-3-13(23-15)16(17,18)19/h2-6,10-12H,7-9H2,1H3. The molecule has 2 saturated heterocycles. The summed E-state index contributed by atoms with van der Waals surface area (Å²) in [5.41, 5.74) is -0.908. The van der Waals surface area contributed by atoms with Gasteiger partial charge < -0.3 is 9.80 Å². The Morgan fingerprint density at radius 2 is 1.76 bits per heavy atom. The van der Waals surface area contributed by atoms with Gasteiger partial charge in [0, 0.05) is 43.6 Å². The van der Waals surface area contributed by atoms with E-state index in [1.165, 1.54) is 6.20 Å².